The van der Waals surface area contributed by atoms with E-state index in [2.05, 4.69) is 0 Å². The number of ether oxygens (including phenoxy) is 1. The molecule has 0 aromatic heterocycles. The van der Waals surface area contributed by atoms with Gasteiger partial charge in [0, 0.05) is 0 Å². The molecule has 116 valence electrons. The van der Waals surface area contributed by atoms with Crippen LogP contribution in [0.2, 0.25) is 0 Å². The zero-order valence-electron chi connectivity index (χ0n) is 11.6. The van der Waals surface area contributed by atoms with Crippen molar-refractivity contribution in [1.82, 2.24) is 0 Å². The zero-order chi connectivity index (χ0) is 15.6. The van der Waals surface area contributed by atoms with Crippen LogP contribution in [0.4, 0.5) is 13.2 Å². The van der Waals surface area contributed by atoms with E-state index in [1.165, 1.54) is 13.2 Å². The number of rotatable bonds is 3. The van der Waals surface area contributed by atoms with Gasteiger partial charge in [-0.3, -0.25) is 4.79 Å². The highest BCUT2D eigenvalue weighted by atomic mass is 19.4. The number of benzene rings is 1. The minimum Gasteiger partial charge on any atom is -0.496 e. The monoisotopic (exact) mass is 302 g/mol. The van der Waals surface area contributed by atoms with E-state index in [0.29, 0.717) is 25.7 Å². The van der Waals surface area contributed by atoms with E-state index in [-0.39, 0.29) is 17.6 Å². The lowest BCUT2D eigenvalue weighted by Crippen LogP contribution is -2.21. The Kier molecular flexibility index (Phi) is 4.44. The summed E-state index contributed by atoms with van der Waals surface area (Å²) >= 11 is 0. The summed E-state index contributed by atoms with van der Waals surface area (Å²) in [6, 6.07) is 3.52. The maximum atomic E-state index is 12.7. The fraction of sp³-hybridized carbons (Fsp3) is 0.533. The molecule has 6 heteroatoms. The van der Waals surface area contributed by atoms with E-state index >= 15 is 0 Å². The van der Waals surface area contributed by atoms with Crippen LogP contribution in [0.25, 0.3) is 0 Å². The number of carboxylic acids is 1. The molecule has 0 radical (unpaired) electrons. The molecular formula is C15H17F3O3. The molecule has 2 rings (SSSR count). The molecular weight excluding hydrogens is 285 g/mol. The van der Waals surface area contributed by atoms with Crippen LogP contribution in [-0.4, -0.2) is 18.2 Å². The van der Waals surface area contributed by atoms with Crippen molar-refractivity contribution in [3.05, 3.63) is 29.3 Å². The number of aliphatic carboxylic acids is 1. The van der Waals surface area contributed by atoms with Crippen LogP contribution in [0.15, 0.2) is 18.2 Å². The van der Waals surface area contributed by atoms with Crippen LogP contribution in [-0.2, 0) is 11.0 Å². The van der Waals surface area contributed by atoms with Gasteiger partial charge >= 0.3 is 12.1 Å². The van der Waals surface area contributed by atoms with E-state index in [0.717, 1.165) is 17.7 Å². The normalized spacial score (nSPS) is 22.9. The highest BCUT2D eigenvalue weighted by molar-refractivity contribution is 5.70. The SMILES string of the molecule is COc1cc(C(F)(F)F)ccc1C1CCC(C(=O)O)CC1. The second kappa shape index (κ2) is 5.95. The largest absolute Gasteiger partial charge is 0.496 e. The molecule has 1 aromatic carbocycles. The zero-order valence-corrected chi connectivity index (χ0v) is 11.6. The lowest BCUT2D eigenvalue weighted by molar-refractivity contribution is -0.143. The predicted octanol–water partition coefficient (Wildman–Crippen LogP) is 4.07. The molecule has 0 spiro atoms. The second-order valence-electron chi connectivity index (χ2n) is 5.34. The summed E-state index contributed by atoms with van der Waals surface area (Å²) < 4.78 is 43.2. The van der Waals surface area contributed by atoms with Crippen molar-refractivity contribution in [2.24, 2.45) is 5.92 Å². The average molecular weight is 302 g/mol. The van der Waals surface area contributed by atoms with E-state index in [9.17, 15) is 18.0 Å². The molecule has 1 aliphatic carbocycles. The van der Waals surface area contributed by atoms with Crippen molar-refractivity contribution in [1.29, 1.82) is 0 Å². The lowest BCUT2D eigenvalue weighted by Gasteiger charge is -2.27. The molecule has 1 aliphatic rings. The minimum atomic E-state index is -4.40. The van der Waals surface area contributed by atoms with Crippen LogP contribution < -0.4 is 4.74 Å². The molecule has 0 heterocycles. The topological polar surface area (TPSA) is 46.5 Å². The fourth-order valence-electron chi connectivity index (χ4n) is 2.88. The number of carboxylic acid groups (broad SMARTS) is 1. The second-order valence-corrected chi connectivity index (χ2v) is 5.34. The van der Waals surface area contributed by atoms with E-state index in [4.69, 9.17) is 9.84 Å². The highest BCUT2D eigenvalue weighted by Crippen LogP contribution is 2.41. The number of hydrogen-bond donors (Lipinski definition) is 1. The quantitative estimate of drug-likeness (QED) is 0.915. The first-order valence-electron chi connectivity index (χ1n) is 6.81. The molecule has 1 N–H and O–H groups in total. The van der Waals surface area contributed by atoms with Gasteiger partial charge in [-0.15, -0.1) is 0 Å². The Hall–Kier alpha value is -1.72. The summed E-state index contributed by atoms with van der Waals surface area (Å²) in [5, 5.41) is 8.97. The average Bonchev–Trinajstić information content (AvgIpc) is 2.45. The molecule has 3 nitrogen and oxygen atoms in total. The summed E-state index contributed by atoms with van der Waals surface area (Å²) in [5.74, 6) is -0.865. The Balaban J connectivity index is 2.19. The van der Waals surface area contributed by atoms with Crippen LogP contribution in [0.1, 0.15) is 42.7 Å². The third-order valence-electron chi connectivity index (χ3n) is 4.08. The van der Waals surface area contributed by atoms with Crippen LogP contribution in [0.3, 0.4) is 0 Å². The van der Waals surface area contributed by atoms with Crippen molar-refractivity contribution in [3.63, 3.8) is 0 Å². The molecule has 0 bridgehead atoms. The molecule has 1 fully saturated rings. The molecule has 1 saturated carbocycles. The van der Waals surface area contributed by atoms with Crippen molar-refractivity contribution in [2.75, 3.05) is 7.11 Å². The Bertz CT molecular complexity index is 517. The van der Waals surface area contributed by atoms with E-state index in [1.54, 1.807) is 0 Å². The molecule has 0 atom stereocenters. The van der Waals surface area contributed by atoms with Gasteiger partial charge in [0.05, 0.1) is 18.6 Å². The summed E-state index contributed by atoms with van der Waals surface area (Å²) in [5.41, 5.74) is -0.00309. The van der Waals surface area contributed by atoms with Crippen LogP contribution >= 0.6 is 0 Å². The lowest BCUT2D eigenvalue weighted by atomic mass is 9.78. The maximum Gasteiger partial charge on any atom is 0.416 e. The smallest absolute Gasteiger partial charge is 0.416 e. The Morgan fingerprint density at radius 2 is 1.86 bits per heavy atom. The van der Waals surface area contributed by atoms with Gasteiger partial charge in [0.15, 0.2) is 0 Å². The Labute approximate surface area is 120 Å². The van der Waals surface area contributed by atoms with Gasteiger partial charge in [-0.05, 0) is 49.3 Å². The molecule has 0 amide bonds. The van der Waals surface area contributed by atoms with E-state index in [1.807, 2.05) is 0 Å². The van der Waals surface area contributed by atoms with Crippen LogP contribution in [0, 0.1) is 5.92 Å². The number of hydrogen-bond acceptors (Lipinski definition) is 2. The fourth-order valence-corrected chi connectivity index (χ4v) is 2.88. The highest BCUT2D eigenvalue weighted by Gasteiger charge is 2.33. The molecule has 0 aliphatic heterocycles. The van der Waals surface area contributed by atoms with Gasteiger partial charge in [0.1, 0.15) is 5.75 Å². The molecule has 0 saturated heterocycles. The Morgan fingerprint density at radius 3 is 2.33 bits per heavy atom. The third kappa shape index (κ3) is 3.49. The number of halogens is 3. The molecule has 1 aromatic rings. The molecule has 0 unspecified atom stereocenters. The van der Waals surface area contributed by atoms with Gasteiger partial charge < -0.3 is 9.84 Å². The number of carbonyl (C=O) groups is 1. The summed E-state index contributed by atoms with van der Waals surface area (Å²) in [6.07, 6.45) is -2.00. The summed E-state index contributed by atoms with van der Waals surface area (Å²) in [6.45, 7) is 0. The Morgan fingerprint density at radius 1 is 1.24 bits per heavy atom. The van der Waals surface area contributed by atoms with Gasteiger partial charge in [-0.2, -0.15) is 13.2 Å². The van der Waals surface area contributed by atoms with Gasteiger partial charge in [0.2, 0.25) is 0 Å². The summed E-state index contributed by atoms with van der Waals surface area (Å²) in [7, 11) is 1.35. The number of alkyl halides is 3. The van der Waals surface area contributed by atoms with Crippen molar-refractivity contribution >= 4 is 5.97 Å². The first-order chi connectivity index (χ1) is 9.82. The van der Waals surface area contributed by atoms with Crippen molar-refractivity contribution in [3.8, 4) is 5.75 Å². The van der Waals surface area contributed by atoms with Gasteiger partial charge in [-0.25, -0.2) is 0 Å². The predicted molar refractivity (Wildman–Crippen MR) is 70.3 cm³/mol. The first-order valence-corrected chi connectivity index (χ1v) is 6.81. The first kappa shape index (κ1) is 15.7. The molecule has 21 heavy (non-hydrogen) atoms. The van der Waals surface area contributed by atoms with Crippen molar-refractivity contribution < 1.29 is 27.8 Å². The van der Waals surface area contributed by atoms with Crippen molar-refractivity contribution in [2.45, 2.75) is 37.8 Å². The van der Waals surface area contributed by atoms with Gasteiger partial charge in [0.25, 0.3) is 0 Å². The minimum absolute atomic E-state index is 0.0535. The maximum absolute atomic E-state index is 12.7. The number of methoxy groups -OCH3 is 1. The standard InChI is InChI=1S/C15H17F3O3/c1-21-13-8-11(15(16,17)18)6-7-12(13)9-2-4-10(5-3-9)14(19)20/h6-10H,2-5H2,1H3,(H,19,20). The van der Waals surface area contributed by atoms with Crippen LogP contribution in [0.5, 0.6) is 5.75 Å². The summed E-state index contributed by atoms with van der Waals surface area (Å²) in [4.78, 5) is 10.9. The third-order valence-corrected chi connectivity index (χ3v) is 4.08. The van der Waals surface area contributed by atoms with Gasteiger partial charge in [-0.1, -0.05) is 6.07 Å². The van der Waals surface area contributed by atoms with E-state index < -0.39 is 17.7 Å².